The summed E-state index contributed by atoms with van der Waals surface area (Å²) < 4.78 is 0. The molecular weight excluding hydrogens is 175 g/mol. The van der Waals surface area contributed by atoms with Gasteiger partial charge in [-0.05, 0) is 12.2 Å². The van der Waals surface area contributed by atoms with Crippen LogP contribution < -0.4 is 24.0 Å². The zero-order chi connectivity index (χ0) is 9.68. The van der Waals surface area contributed by atoms with E-state index in [0.29, 0.717) is 5.56 Å². The molecule has 0 fully saturated rings. The van der Waals surface area contributed by atoms with Crippen molar-refractivity contribution < 1.29 is 33.6 Å². The molecule has 0 aliphatic carbocycles. The smallest absolute Gasteiger partial charge is 0.545 e. The fourth-order valence-electron chi connectivity index (χ4n) is 0.842. The minimum absolute atomic E-state index is 0. The number of hydrogen-bond donors (Lipinski definition) is 0. The van der Waals surface area contributed by atoms with Crippen LogP contribution in [0.25, 0.3) is 0 Å². The average molecular weight is 182 g/mol. The van der Waals surface area contributed by atoms with Gasteiger partial charge < -0.3 is 9.90 Å². The Morgan fingerprint density at radius 1 is 1.07 bits per heavy atom. The zero-order valence-corrected chi connectivity index (χ0v) is 7.77. The molecule has 0 spiro atoms. The van der Waals surface area contributed by atoms with Gasteiger partial charge in [-0.15, -0.1) is 0 Å². The molecular formula is C10H7LiO3. The van der Waals surface area contributed by atoms with Gasteiger partial charge in [0.2, 0.25) is 0 Å². The van der Waals surface area contributed by atoms with Gasteiger partial charge in [-0.1, -0.05) is 30.3 Å². The van der Waals surface area contributed by atoms with E-state index < -0.39 is 5.97 Å². The number of carboxylic acids is 1. The predicted octanol–water partition coefficient (Wildman–Crippen LogP) is -2.82. The molecule has 0 N–H and O–H groups in total. The Morgan fingerprint density at radius 3 is 2.14 bits per heavy atom. The first kappa shape index (κ1) is 12.7. The van der Waals surface area contributed by atoms with Crippen LogP contribution in [0, 0.1) is 0 Å². The molecule has 0 aliphatic heterocycles. The molecule has 0 heterocycles. The fraction of sp³-hybridized carbons (Fsp3) is 0. The van der Waals surface area contributed by atoms with Crippen LogP contribution >= 0.6 is 0 Å². The van der Waals surface area contributed by atoms with Crippen LogP contribution in [0.15, 0.2) is 42.5 Å². The van der Waals surface area contributed by atoms with Crippen LogP contribution in [0.2, 0.25) is 0 Å². The van der Waals surface area contributed by atoms with Crippen molar-refractivity contribution in [1.29, 1.82) is 0 Å². The summed E-state index contributed by atoms with van der Waals surface area (Å²) in [5.74, 6) is -1.71. The number of benzene rings is 1. The molecule has 66 valence electrons. The van der Waals surface area contributed by atoms with E-state index >= 15 is 0 Å². The Morgan fingerprint density at radius 2 is 1.64 bits per heavy atom. The van der Waals surface area contributed by atoms with Crippen LogP contribution in [-0.2, 0) is 4.79 Å². The molecule has 14 heavy (non-hydrogen) atoms. The summed E-state index contributed by atoms with van der Waals surface area (Å²) >= 11 is 0. The molecule has 4 heteroatoms. The molecule has 1 aromatic carbocycles. The van der Waals surface area contributed by atoms with Gasteiger partial charge in [-0.25, -0.2) is 0 Å². The SMILES string of the molecule is O=C([O-])C=CC(=O)c1ccccc1.[Li+]. The summed E-state index contributed by atoms with van der Waals surface area (Å²) in [5, 5.41) is 9.98. The van der Waals surface area contributed by atoms with Gasteiger partial charge >= 0.3 is 18.9 Å². The number of carboxylic acid groups (broad SMARTS) is 1. The summed E-state index contributed by atoms with van der Waals surface area (Å²) in [6.07, 6.45) is 1.69. The second-order valence-corrected chi connectivity index (χ2v) is 2.38. The average Bonchev–Trinajstić information content (AvgIpc) is 2.15. The summed E-state index contributed by atoms with van der Waals surface area (Å²) in [6, 6.07) is 8.42. The second-order valence-electron chi connectivity index (χ2n) is 2.38. The summed E-state index contributed by atoms with van der Waals surface area (Å²) in [6.45, 7) is 0. The third-order valence-corrected chi connectivity index (χ3v) is 1.43. The van der Waals surface area contributed by atoms with Gasteiger partial charge in [0.1, 0.15) is 0 Å². The molecule has 0 saturated heterocycles. The first-order valence-corrected chi connectivity index (χ1v) is 3.68. The zero-order valence-electron chi connectivity index (χ0n) is 7.77. The van der Waals surface area contributed by atoms with Gasteiger partial charge in [-0.3, -0.25) is 4.79 Å². The number of allylic oxidation sites excluding steroid dienone is 1. The van der Waals surface area contributed by atoms with E-state index in [1.54, 1.807) is 30.3 Å². The molecule has 0 bridgehead atoms. The monoisotopic (exact) mass is 182 g/mol. The Labute approximate surface area is 93.6 Å². The van der Waals surface area contributed by atoms with Gasteiger partial charge in [0, 0.05) is 5.56 Å². The van der Waals surface area contributed by atoms with Crippen molar-refractivity contribution in [2.45, 2.75) is 0 Å². The number of aliphatic carboxylic acids is 1. The van der Waals surface area contributed by atoms with Gasteiger partial charge in [-0.2, -0.15) is 0 Å². The van der Waals surface area contributed by atoms with Gasteiger partial charge in [0.05, 0.1) is 5.97 Å². The van der Waals surface area contributed by atoms with E-state index in [-0.39, 0.29) is 24.6 Å². The molecule has 1 aromatic rings. The normalized spacial score (nSPS) is 9.43. The number of rotatable bonds is 3. The number of carbonyl (C=O) groups excluding carboxylic acids is 2. The first-order valence-electron chi connectivity index (χ1n) is 3.68. The van der Waals surface area contributed by atoms with Crippen molar-refractivity contribution in [2.24, 2.45) is 0 Å². The molecule has 3 nitrogen and oxygen atoms in total. The van der Waals surface area contributed by atoms with Crippen molar-refractivity contribution in [2.75, 3.05) is 0 Å². The van der Waals surface area contributed by atoms with Crippen LogP contribution in [0.3, 0.4) is 0 Å². The van der Waals surface area contributed by atoms with E-state index in [1.807, 2.05) is 0 Å². The second kappa shape index (κ2) is 6.20. The number of hydrogen-bond acceptors (Lipinski definition) is 3. The van der Waals surface area contributed by atoms with Crippen LogP contribution in [0.4, 0.5) is 0 Å². The van der Waals surface area contributed by atoms with Crippen LogP contribution in [0.5, 0.6) is 0 Å². The summed E-state index contributed by atoms with van der Waals surface area (Å²) in [7, 11) is 0. The maximum Gasteiger partial charge on any atom is 1.00 e. The van der Waals surface area contributed by atoms with Crippen molar-refractivity contribution in [3.05, 3.63) is 48.0 Å². The maximum atomic E-state index is 11.2. The molecule has 0 aromatic heterocycles. The van der Waals surface area contributed by atoms with Crippen molar-refractivity contribution >= 4 is 11.8 Å². The van der Waals surface area contributed by atoms with E-state index in [4.69, 9.17) is 0 Å². The Bertz CT molecular complexity index is 344. The Hall–Kier alpha value is -1.30. The molecule has 0 unspecified atom stereocenters. The summed E-state index contributed by atoms with van der Waals surface area (Å²) in [4.78, 5) is 21.2. The van der Waals surface area contributed by atoms with Crippen molar-refractivity contribution in [3.8, 4) is 0 Å². The molecule has 0 atom stereocenters. The molecule has 1 rings (SSSR count). The van der Waals surface area contributed by atoms with Crippen molar-refractivity contribution in [3.63, 3.8) is 0 Å². The predicted molar refractivity (Wildman–Crippen MR) is 44.9 cm³/mol. The summed E-state index contributed by atoms with van der Waals surface area (Å²) in [5.41, 5.74) is 0.458. The van der Waals surface area contributed by atoms with E-state index in [2.05, 4.69) is 0 Å². The number of ketones is 1. The molecule has 0 saturated carbocycles. The molecule has 0 aliphatic rings. The van der Waals surface area contributed by atoms with Crippen molar-refractivity contribution in [1.82, 2.24) is 0 Å². The molecule has 0 amide bonds. The fourth-order valence-corrected chi connectivity index (χ4v) is 0.842. The van der Waals surface area contributed by atoms with E-state index in [9.17, 15) is 14.7 Å². The Balaban J connectivity index is 0.00000169. The Kier molecular flexibility index (Phi) is 5.62. The van der Waals surface area contributed by atoms with Crippen LogP contribution in [0.1, 0.15) is 10.4 Å². The topological polar surface area (TPSA) is 57.2 Å². The third kappa shape index (κ3) is 4.08. The molecule has 0 radical (unpaired) electrons. The third-order valence-electron chi connectivity index (χ3n) is 1.43. The number of carbonyl (C=O) groups is 2. The van der Waals surface area contributed by atoms with E-state index in [1.165, 1.54) is 0 Å². The largest absolute Gasteiger partial charge is 1.00 e. The quantitative estimate of drug-likeness (QED) is 0.288. The van der Waals surface area contributed by atoms with E-state index in [0.717, 1.165) is 12.2 Å². The first-order chi connectivity index (χ1) is 6.20. The van der Waals surface area contributed by atoms with Crippen LogP contribution in [-0.4, -0.2) is 11.8 Å². The maximum absolute atomic E-state index is 11.2. The van der Waals surface area contributed by atoms with Gasteiger partial charge in [0.15, 0.2) is 5.78 Å². The minimum Gasteiger partial charge on any atom is -0.545 e. The minimum atomic E-state index is -1.37. The standard InChI is InChI=1S/C10H8O3.Li/c11-9(6-7-10(12)13)8-4-2-1-3-5-8;/h1-7H,(H,12,13);/q;+1/p-1. The van der Waals surface area contributed by atoms with Gasteiger partial charge in [0.25, 0.3) is 0 Å².